The fourth-order valence-corrected chi connectivity index (χ4v) is 3.76. The van der Waals surface area contributed by atoms with E-state index < -0.39 is 22.0 Å². The minimum absolute atomic E-state index is 0.104. The second-order valence-corrected chi connectivity index (χ2v) is 8.51. The molecule has 2 rings (SSSR count). The predicted octanol–water partition coefficient (Wildman–Crippen LogP) is 3.20. The van der Waals surface area contributed by atoms with E-state index in [0.717, 1.165) is 5.56 Å². The number of nitriles is 1. The van der Waals surface area contributed by atoms with Crippen LogP contribution in [0.1, 0.15) is 31.4 Å². The molecule has 2 aromatic rings. The van der Waals surface area contributed by atoms with Crippen LogP contribution in [0.15, 0.2) is 53.4 Å². The van der Waals surface area contributed by atoms with E-state index in [4.69, 9.17) is 5.26 Å². The van der Waals surface area contributed by atoms with Gasteiger partial charge in [0, 0.05) is 5.69 Å². The number of nitrogens with one attached hydrogen (secondary N) is 2. The molecule has 0 bridgehead atoms. The summed E-state index contributed by atoms with van der Waals surface area (Å²) in [6.07, 6.45) is 0.342. The predicted molar refractivity (Wildman–Crippen MR) is 105 cm³/mol. The zero-order valence-corrected chi connectivity index (χ0v) is 16.4. The summed E-state index contributed by atoms with van der Waals surface area (Å²) in [5.41, 5.74) is 1.80. The van der Waals surface area contributed by atoms with Gasteiger partial charge in [-0.25, -0.2) is 8.42 Å². The van der Waals surface area contributed by atoms with Crippen molar-refractivity contribution in [2.24, 2.45) is 5.92 Å². The lowest BCUT2D eigenvalue weighted by Gasteiger charge is -2.20. The molecule has 27 heavy (non-hydrogen) atoms. The highest BCUT2D eigenvalue weighted by molar-refractivity contribution is 7.89. The molecule has 0 heterocycles. The third kappa shape index (κ3) is 5.91. The van der Waals surface area contributed by atoms with Crippen molar-refractivity contribution in [1.82, 2.24) is 4.72 Å². The molecule has 0 aromatic heterocycles. The van der Waals surface area contributed by atoms with Crippen molar-refractivity contribution in [2.45, 2.75) is 38.1 Å². The van der Waals surface area contributed by atoms with Crippen molar-refractivity contribution in [3.8, 4) is 6.07 Å². The minimum atomic E-state index is -3.84. The first kappa shape index (κ1) is 20.6. The Bertz CT molecular complexity index is 945. The second kappa shape index (κ2) is 8.80. The van der Waals surface area contributed by atoms with E-state index in [1.807, 2.05) is 26.8 Å². The Morgan fingerprint density at radius 3 is 2.41 bits per heavy atom. The van der Waals surface area contributed by atoms with Crippen molar-refractivity contribution in [3.63, 3.8) is 0 Å². The number of rotatable bonds is 7. The Labute approximate surface area is 160 Å². The Kier molecular flexibility index (Phi) is 6.72. The molecular weight excluding hydrogens is 362 g/mol. The number of hydrogen-bond acceptors (Lipinski definition) is 4. The van der Waals surface area contributed by atoms with Crippen LogP contribution in [0.5, 0.6) is 0 Å². The number of carbonyl (C=O) groups excluding carboxylic acids is 1. The third-order valence-electron chi connectivity index (χ3n) is 3.91. The number of carbonyl (C=O) groups is 1. The Morgan fingerprint density at radius 1 is 1.15 bits per heavy atom. The maximum absolute atomic E-state index is 12.7. The molecular formula is C20H23N3O3S. The Balaban J connectivity index is 2.22. The van der Waals surface area contributed by atoms with Crippen molar-refractivity contribution < 1.29 is 13.2 Å². The number of sulfonamides is 1. The van der Waals surface area contributed by atoms with Gasteiger partial charge in [-0.05, 0) is 49.6 Å². The standard InChI is InChI=1S/C20H23N3O3S/c1-14(2)11-19(20(24)22-17-6-4-5-16(12-17)13-21)23-27(25,26)18-9-7-15(3)8-10-18/h4-10,12,14,19,23H,11H2,1-3H3,(H,22,24)/t19-/m0/s1. The van der Waals surface area contributed by atoms with Crippen molar-refractivity contribution in [2.75, 3.05) is 5.32 Å². The largest absolute Gasteiger partial charge is 0.325 e. The van der Waals surface area contributed by atoms with Crippen LogP contribution in [0.25, 0.3) is 0 Å². The van der Waals surface area contributed by atoms with Gasteiger partial charge in [0.2, 0.25) is 15.9 Å². The van der Waals surface area contributed by atoms with E-state index in [1.165, 1.54) is 12.1 Å². The molecule has 0 saturated carbocycles. The van der Waals surface area contributed by atoms with Gasteiger partial charge in [-0.1, -0.05) is 37.6 Å². The van der Waals surface area contributed by atoms with E-state index in [9.17, 15) is 13.2 Å². The maximum atomic E-state index is 12.7. The smallest absolute Gasteiger partial charge is 0.242 e. The fourth-order valence-electron chi connectivity index (χ4n) is 2.55. The molecule has 6 nitrogen and oxygen atoms in total. The molecule has 1 amide bonds. The highest BCUT2D eigenvalue weighted by atomic mass is 32.2. The first-order valence-electron chi connectivity index (χ1n) is 8.61. The van der Waals surface area contributed by atoms with E-state index >= 15 is 0 Å². The monoisotopic (exact) mass is 385 g/mol. The molecule has 0 unspecified atom stereocenters. The first-order valence-corrected chi connectivity index (χ1v) is 10.1. The van der Waals surface area contributed by atoms with Crippen LogP contribution >= 0.6 is 0 Å². The van der Waals surface area contributed by atoms with Crippen LogP contribution in [0.4, 0.5) is 5.69 Å². The van der Waals surface area contributed by atoms with Gasteiger partial charge in [0.1, 0.15) is 6.04 Å². The molecule has 0 aliphatic heterocycles. The van der Waals surface area contributed by atoms with Gasteiger partial charge in [-0.15, -0.1) is 0 Å². The number of benzene rings is 2. The summed E-state index contributed by atoms with van der Waals surface area (Å²) in [7, 11) is -3.84. The van der Waals surface area contributed by atoms with Gasteiger partial charge in [0.15, 0.2) is 0 Å². The fraction of sp³-hybridized carbons (Fsp3) is 0.300. The zero-order valence-electron chi connectivity index (χ0n) is 15.6. The summed E-state index contributed by atoms with van der Waals surface area (Å²) in [6, 6.07) is 14.0. The summed E-state index contributed by atoms with van der Waals surface area (Å²) in [5.74, 6) is -0.360. The van der Waals surface area contributed by atoms with Crippen LogP contribution in [0, 0.1) is 24.2 Å². The minimum Gasteiger partial charge on any atom is -0.325 e. The molecule has 0 aliphatic carbocycles. The van der Waals surface area contributed by atoms with E-state index in [-0.39, 0.29) is 10.8 Å². The summed E-state index contributed by atoms with van der Waals surface area (Å²) >= 11 is 0. The van der Waals surface area contributed by atoms with Gasteiger partial charge in [0.05, 0.1) is 16.5 Å². The SMILES string of the molecule is Cc1ccc(S(=O)(=O)N[C@@H](CC(C)C)C(=O)Nc2cccc(C#N)c2)cc1. The summed E-state index contributed by atoms with van der Waals surface area (Å²) in [5, 5.41) is 11.7. The Morgan fingerprint density at radius 2 is 1.81 bits per heavy atom. The summed E-state index contributed by atoms with van der Waals surface area (Å²) < 4.78 is 27.8. The average Bonchev–Trinajstić information content (AvgIpc) is 2.61. The lowest BCUT2D eigenvalue weighted by Crippen LogP contribution is -2.44. The van der Waals surface area contributed by atoms with Crippen molar-refractivity contribution in [3.05, 3.63) is 59.7 Å². The maximum Gasteiger partial charge on any atom is 0.242 e. The number of amides is 1. The van der Waals surface area contributed by atoms with Crippen LogP contribution in [0.2, 0.25) is 0 Å². The van der Waals surface area contributed by atoms with Gasteiger partial charge in [-0.3, -0.25) is 4.79 Å². The zero-order chi connectivity index (χ0) is 20.0. The normalized spacial score (nSPS) is 12.4. The molecule has 1 atom stereocenters. The first-order chi connectivity index (χ1) is 12.7. The molecule has 2 N–H and O–H groups in total. The lowest BCUT2D eigenvalue weighted by molar-refractivity contribution is -0.118. The molecule has 0 radical (unpaired) electrons. The number of anilines is 1. The number of hydrogen-bond donors (Lipinski definition) is 2. The highest BCUT2D eigenvalue weighted by Gasteiger charge is 2.26. The van der Waals surface area contributed by atoms with Crippen LogP contribution in [0.3, 0.4) is 0 Å². The molecule has 0 spiro atoms. The lowest BCUT2D eigenvalue weighted by atomic mass is 10.0. The molecule has 142 valence electrons. The number of nitrogens with zero attached hydrogens (tertiary/aromatic N) is 1. The van der Waals surface area contributed by atoms with Crippen molar-refractivity contribution >= 4 is 21.6 Å². The highest BCUT2D eigenvalue weighted by Crippen LogP contribution is 2.16. The van der Waals surface area contributed by atoms with Crippen LogP contribution in [-0.4, -0.2) is 20.4 Å². The van der Waals surface area contributed by atoms with E-state index in [0.29, 0.717) is 17.7 Å². The number of aryl methyl sites for hydroxylation is 1. The summed E-state index contributed by atoms with van der Waals surface area (Å²) in [4.78, 5) is 12.8. The average molecular weight is 385 g/mol. The topological polar surface area (TPSA) is 99.1 Å². The van der Waals surface area contributed by atoms with Crippen LogP contribution in [-0.2, 0) is 14.8 Å². The van der Waals surface area contributed by atoms with Gasteiger partial charge in [0.25, 0.3) is 0 Å². The molecule has 0 saturated heterocycles. The van der Waals surface area contributed by atoms with Crippen LogP contribution < -0.4 is 10.0 Å². The van der Waals surface area contributed by atoms with E-state index in [1.54, 1.807) is 36.4 Å². The molecule has 0 fully saturated rings. The van der Waals surface area contributed by atoms with Crippen molar-refractivity contribution in [1.29, 1.82) is 5.26 Å². The molecule has 2 aromatic carbocycles. The summed E-state index contributed by atoms with van der Waals surface area (Å²) in [6.45, 7) is 5.70. The molecule has 7 heteroatoms. The Hall–Kier alpha value is -2.69. The van der Waals surface area contributed by atoms with Gasteiger partial charge >= 0.3 is 0 Å². The quantitative estimate of drug-likeness (QED) is 0.764. The van der Waals surface area contributed by atoms with Gasteiger partial charge in [-0.2, -0.15) is 9.98 Å². The van der Waals surface area contributed by atoms with E-state index in [2.05, 4.69) is 10.0 Å². The van der Waals surface area contributed by atoms with Gasteiger partial charge < -0.3 is 5.32 Å². The third-order valence-corrected chi connectivity index (χ3v) is 5.40. The second-order valence-electron chi connectivity index (χ2n) is 6.80. The molecule has 0 aliphatic rings.